The van der Waals surface area contributed by atoms with Crippen LogP contribution >= 0.6 is 23.2 Å². The number of hydrogen-bond acceptors (Lipinski definition) is 5. The van der Waals surface area contributed by atoms with Crippen LogP contribution in [0.2, 0.25) is 10.0 Å². The highest BCUT2D eigenvalue weighted by Crippen LogP contribution is 2.33. The van der Waals surface area contributed by atoms with Crippen LogP contribution in [0.1, 0.15) is 31.9 Å². The summed E-state index contributed by atoms with van der Waals surface area (Å²) in [7, 11) is -4.27. The number of amides is 2. The van der Waals surface area contributed by atoms with E-state index in [1.165, 1.54) is 17.0 Å². The minimum absolute atomic E-state index is 0.000200. The highest BCUT2D eigenvalue weighted by atomic mass is 35.5. The molecule has 0 heterocycles. The summed E-state index contributed by atoms with van der Waals surface area (Å²) >= 11 is 12.7. The van der Waals surface area contributed by atoms with Crippen molar-refractivity contribution in [1.29, 1.82) is 0 Å². The summed E-state index contributed by atoms with van der Waals surface area (Å²) in [4.78, 5) is 29.8. The van der Waals surface area contributed by atoms with E-state index in [0.717, 1.165) is 9.87 Å². The largest absolute Gasteiger partial charge is 0.492 e. The average Bonchev–Trinajstić information content (AvgIpc) is 3.03. The van der Waals surface area contributed by atoms with Crippen molar-refractivity contribution in [2.75, 3.05) is 17.5 Å². The molecule has 2 amide bonds. The monoisotopic (exact) mass is 681 g/mol. The number of benzene rings is 4. The first kappa shape index (κ1) is 34.8. The average molecular weight is 683 g/mol. The van der Waals surface area contributed by atoms with Gasteiger partial charge in [-0.1, -0.05) is 89.9 Å². The van der Waals surface area contributed by atoms with E-state index >= 15 is 0 Å². The third kappa shape index (κ3) is 8.81. The predicted octanol–water partition coefficient (Wildman–Crippen LogP) is 6.75. The first-order valence-corrected chi connectivity index (χ1v) is 17.1. The van der Waals surface area contributed by atoms with Gasteiger partial charge in [-0.3, -0.25) is 13.9 Å². The van der Waals surface area contributed by atoms with Crippen LogP contribution in [-0.4, -0.2) is 50.4 Å². The second-order valence-corrected chi connectivity index (χ2v) is 13.6. The van der Waals surface area contributed by atoms with Crippen molar-refractivity contribution in [1.82, 2.24) is 10.2 Å². The maximum Gasteiger partial charge on any atom is 0.264 e. The number of hydrogen-bond donors (Lipinski definition) is 1. The molecule has 11 heteroatoms. The SMILES string of the molecule is CCOc1ccccc1N(CC(=O)N(Cc1ccc(Cl)cc1Cl)[C@@H](Cc1ccccc1)C(=O)NC(C)C)S(=O)(=O)c1ccccc1. The Balaban J connectivity index is 1.85. The number of carbonyl (C=O) groups excluding carboxylic acids is 2. The van der Waals surface area contributed by atoms with Gasteiger partial charge in [0.15, 0.2) is 0 Å². The van der Waals surface area contributed by atoms with Crippen molar-refractivity contribution in [2.45, 2.75) is 50.7 Å². The van der Waals surface area contributed by atoms with Gasteiger partial charge in [0.25, 0.3) is 10.0 Å². The van der Waals surface area contributed by atoms with Crippen LogP contribution in [0.15, 0.2) is 108 Å². The first-order chi connectivity index (χ1) is 22.0. The van der Waals surface area contributed by atoms with E-state index in [1.54, 1.807) is 67.6 Å². The highest BCUT2D eigenvalue weighted by molar-refractivity contribution is 7.92. The van der Waals surface area contributed by atoms with Gasteiger partial charge in [-0.25, -0.2) is 8.42 Å². The fourth-order valence-corrected chi connectivity index (χ4v) is 6.86. The van der Waals surface area contributed by atoms with Crippen LogP contribution in [0.3, 0.4) is 0 Å². The van der Waals surface area contributed by atoms with Crippen molar-refractivity contribution in [2.24, 2.45) is 0 Å². The maximum absolute atomic E-state index is 14.6. The van der Waals surface area contributed by atoms with Gasteiger partial charge in [0.2, 0.25) is 11.8 Å². The molecule has 0 spiro atoms. The molecule has 0 aliphatic rings. The molecule has 4 aromatic rings. The fourth-order valence-electron chi connectivity index (χ4n) is 4.94. The van der Waals surface area contributed by atoms with E-state index in [0.29, 0.717) is 21.4 Å². The smallest absolute Gasteiger partial charge is 0.264 e. The van der Waals surface area contributed by atoms with Crippen LogP contribution in [-0.2, 0) is 32.6 Å². The molecule has 0 bridgehead atoms. The molecule has 0 aliphatic heterocycles. The number of carbonyl (C=O) groups is 2. The van der Waals surface area contributed by atoms with E-state index in [4.69, 9.17) is 27.9 Å². The number of para-hydroxylation sites is 2. The highest BCUT2D eigenvalue weighted by Gasteiger charge is 2.36. The summed E-state index contributed by atoms with van der Waals surface area (Å²) < 4.78 is 35.3. The number of ether oxygens (including phenoxy) is 1. The summed E-state index contributed by atoms with van der Waals surface area (Å²) in [5.41, 5.74) is 1.56. The predicted molar refractivity (Wildman–Crippen MR) is 183 cm³/mol. The second kappa shape index (κ2) is 16.0. The quantitative estimate of drug-likeness (QED) is 0.159. The topological polar surface area (TPSA) is 96.0 Å². The van der Waals surface area contributed by atoms with Crippen molar-refractivity contribution in [3.05, 3.63) is 124 Å². The Morgan fingerprint density at radius 2 is 1.50 bits per heavy atom. The Bertz CT molecular complexity index is 1740. The number of anilines is 1. The lowest BCUT2D eigenvalue weighted by Crippen LogP contribution is -2.54. The number of halogens is 2. The number of rotatable bonds is 14. The molecule has 0 fully saturated rings. The summed E-state index contributed by atoms with van der Waals surface area (Å²) in [6.07, 6.45) is 0.178. The number of nitrogens with zero attached hydrogens (tertiary/aromatic N) is 2. The van der Waals surface area contributed by atoms with Gasteiger partial charge in [0.1, 0.15) is 18.3 Å². The second-order valence-electron chi connectivity index (χ2n) is 10.9. The van der Waals surface area contributed by atoms with Crippen LogP contribution < -0.4 is 14.4 Å². The molecule has 46 heavy (non-hydrogen) atoms. The molecule has 0 saturated heterocycles. The van der Waals surface area contributed by atoms with Crippen LogP contribution in [0.4, 0.5) is 5.69 Å². The molecule has 4 aromatic carbocycles. The molecule has 242 valence electrons. The van der Waals surface area contributed by atoms with Gasteiger partial charge in [0, 0.05) is 29.1 Å². The van der Waals surface area contributed by atoms with Gasteiger partial charge in [0.05, 0.1) is 17.2 Å². The number of sulfonamides is 1. The van der Waals surface area contributed by atoms with E-state index in [1.807, 2.05) is 44.2 Å². The van der Waals surface area contributed by atoms with E-state index in [9.17, 15) is 18.0 Å². The van der Waals surface area contributed by atoms with E-state index in [-0.39, 0.29) is 42.1 Å². The molecule has 0 aliphatic carbocycles. The summed E-state index contributed by atoms with van der Waals surface area (Å²) in [5.74, 6) is -0.705. The lowest BCUT2D eigenvalue weighted by Gasteiger charge is -2.34. The lowest BCUT2D eigenvalue weighted by molar-refractivity contribution is -0.140. The van der Waals surface area contributed by atoms with Crippen molar-refractivity contribution in [3.63, 3.8) is 0 Å². The van der Waals surface area contributed by atoms with E-state index < -0.39 is 28.5 Å². The molecule has 0 saturated carbocycles. The zero-order valence-electron chi connectivity index (χ0n) is 25.9. The van der Waals surface area contributed by atoms with Crippen LogP contribution in [0.25, 0.3) is 0 Å². The van der Waals surface area contributed by atoms with Crippen molar-refractivity contribution in [3.8, 4) is 5.75 Å². The van der Waals surface area contributed by atoms with Crippen LogP contribution in [0.5, 0.6) is 5.75 Å². The minimum atomic E-state index is -4.27. The minimum Gasteiger partial charge on any atom is -0.492 e. The Kier molecular flexibility index (Phi) is 12.1. The van der Waals surface area contributed by atoms with Gasteiger partial charge < -0.3 is 15.0 Å². The summed E-state index contributed by atoms with van der Waals surface area (Å²) in [6, 6.07) is 27.5. The summed E-state index contributed by atoms with van der Waals surface area (Å²) in [6.45, 7) is 5.03. The lowest BCUT2D eigenvalue weighted by atomic mass is 10.0. The zero-order chi connectivity index (χ0) is 33.3. The molecular weight excluding hydrogens is 645 g/mol. The normalized spacial score (nSPS) is 12.0. The van der Waals surface area contributed by atoms with Crippen molar-refractivity contribution >= 4 is 50.7 Å². The Morgan fingerprint density at radius 1 is 0.870 bits per heavy atom. The fraction of sp³-hybridized carbons (Fsp3) is 0.257. The third-order valence-electron chi connectivity index (χ3n) is 7.10. The zero-order valence-corrected chi connectivity index (χ0v) is 28.2. The standard InChI is InChI=1S/C35H37Cl2N3O5S/c1-4-45-33-18-12-11-17-31(33)40(46(43,44)29-15-9-6-10-16-29)24-34(41)39(23-27-19-20-28(36)22-30(27)37)32(35(42)38-25(2)3)21-26-13-7-5-8-14-26/h5-20,22,25,32H,4,21,23-24H2,1-3H3,(H,38,42)/t32-/m0/s1. The Labute approximate surface area is 280 Å². The number of nitrogens with one attached hydrogen (secondary N) is 1. The molecule has 0 radical (unpaired) electrons. The van der Waals surface area contributed by atoms with Crippen molar-refractivity contribution < 1.29 is 22.7 Å². The van der Waals surface area contributed by atoms with Gasteiger partial charge in [-0.2, -0.15) is 0 Å². The molecule has 0 unspecified atom stereocenters. The maximum atomic E-state index is 14.6. The Morgan fingerprint density at radius 3 is 2.13 bits per heavy atom. The molecule has 8 nitrogen and oxygen atoms in total. The molecule has 0 aromatic heterocycles. The molecule has 4 rings (SSSR count). The van der Waals surface area contributed by atoms with Gasteiger partial charge in [-0.05, 0) is 68.3 Å². The molecule has 1 N–H and O–H groups in total. The Hall–Kier alpha value is -4.05. The summed E-state index contributed by atoms with van der Waals surface area (Å²) in [5, 5.41) is 3.66. The molecular formula is C35H37Cl2N3O5S. The van der Waals surface area contributed by atoms with Gasteiger partial charge >= 0.3 is 0 Å². The molecule has 1 atom stereocenters. The third-order valence-corrected chi connectivity index (χ3v) is 9.46. The first-order valence-electron chi connectivity index (χ1n) is 14.9. The van der Waals surface area contributed by atoms with Crippen LogP contribution in [0, 0.1) is 0 Å². The van der Waals surface area contributed by atoms with Gasteiger partial charge in [-0.15, -0.1) is 0 Å². The van der Waals surface area contributed by atoms with E-state index in [2.05, 4.69) is 5.32 Å².